The van der Waals surface area contributed by atoms with Gasteiger partial charge in [0.05, 0.1) is 17.9 Å². The molecule has 1 aromatic carbocycles. The first-order valence-electron chi connectivity index (χ1n) is 6.65. The summed E-state index contributed by atoms with van der Waals surface area (Å²) in [6.45, 7) is 4.51. The zero-order valence-corrected chi connectivity index (χ0v) is 13.8. The Morgan fingerprint density at radius 2 is 2.05 bits per heavy atom. The van der Waals surface area contributed by atoms with Crippen molar-refractivity contribution in [3.05, 3.63) is 50.9 Å². The quantitative estimate of drug-likeness (QED) is 0.899. The van der Waals surface area contributed by atoms with E-state index in [1.54, 1.807) is 13.2 Å². The fourth-order valence-corrected chi connectivity index (χ4v) is 2.25. The maximum atomic E-state index is 11.8. The van der Waals surface area contributed by atoms with Gasteiger partial charge in [-0.2, -0.15) is 5.10 Å². The zero-order valence-electron chi connectivity index (χ0n) is 12.3. The Bertz CT molecular complexity index is 668. The second-order valence-electron chi connectivity index (χ2n) is 4.97. The van der Waals surface area contributed by atoms with Crippen molar-refractivity contribution in [2.24, 2.45) is 7.05 Å². The number of aryl methyl sites for hydroxylation is 2. The number of halogens is 1. The lowest BCUT2D eigenvalue weighted by Crippen LogP contribution is -2.27. The summed E-state index contributed by atoms with van der Waals surface area (Å²) in [5.74, 6) is 0.829. The van der Waals surface area contributed by atoms with Crippen molar-refractivity contribution in [1.82, 2.24) is 9.78 Å². The fraction of sp³-hybridized carbons (Fsp3) is 0.333. The summed E-state index contributed by atoms with van der Waals surface area (Å²) in [6, 6.07) is 7.94. The minimum atomic E-state index is -0.174. The topological polar surface area (TPSA) is 56.1 Å². The third-order valence-electron chi connectivity index (χ3n) is 3.00. The van der Waals surface area contributed by atoms with Crippen LogP contribution >= 0.6 is 15.9 Å². The van der Waals surface area contributed by atoms with Crippen LogP contribution in [0.25, 0.3) is 0 Å². The number of ether oxygens (including phenoxy) is 1. The van der Waals surface area contributed by atoms with Gasteiger partial charge in [-0.3, -0.25) is 4.79 Å². The highest BCUT2D eigenvalue weighted by Crippen LogP contribution is 2.17. The maximum absolute atomic E-state index is 11.8. The van der Waals surface area contributed by atoms with Crippen molar-refractivity contribution in [1.29, 1.82) is 0 Å². The number of nitrogens with zero attached hydrogens (tertiary/aromatic N) is 2. The molecule has 1 unspecified atom stereocenters. The van der Waals surface area contributed by atoms with Crippen LogP contribution in [-0.2, 0) is 7.05 Å². The van der Waals surface area contributed by atoms with E-state index >= 15 is 0 Å². The molecule has 0 aliphatic carbocycles. The van der Waals surface area contributed by atoms with Gasteiger partial charge < -0.3 is 10.1 Å². The van der Waals surface area contributed by atoms with E-state index in [2.05, 4.69) is 26.3 Å². The van der Waals surface area contributed by atoms with Crippen LogP contribution in [-0.4, -0.2) is 22.4 Å². The van der Waals surface area contributed by atoms with Gasteiger partial charge in [0, 0.05) is 7.05 Å². The van der Waals surface area contributed by atoms with E-state index in [4.69, 9.17) is 4.74 Å². The van der Waals surface area contributed by atoms with E-state index in [-0.39, 0.29) is 11.6 Å². The third-order valence-corrected chi connectivity index (χ3v) is 3.77. The van der Waals surface area contributed by atoms with Gasteiger partial charge in [-0.25, -0.2) is 4.68 Å². The number of aromatic nitrogens is 2. The normalized spacial score (nSPS) is 12.0. The highest BCUT2D eigenvalue weighted by molar-refractivity contribution is 9.10. The van der Waals surface area contributed by atoms with Crippen molar-refractivity contribution in [3.63, 3.8) is 0 Å². The monoisotopic (exact) mass is 351 g/mol. The summed E-state index contributed by atoms with van der Waals surface area (Å²) in [7, 11) is 1.61. The zero-order chi connectivity index (χ0) is 15.4. The Labute approximate surface area is 132 Å². The van der Waals surface area contributed by atoms with Gasteiger partial charge in [-0.05, 0) is 41.9 Å². The molecular formula is C15H18BrN3O2. The molecule has 1 aromatic heterocycles. The summed E-state index contributed by atoms with van der Waals surface area (Å²) in [5.41, 5.74) is 1.69. The van der Waals surface area contributed by atoms with Gasteiger partial charge in [-0.1, -0.05) is 17.7 Å². The molecule has 0 amide bonds. The summed E-state index contributed by atoms with van der Waals surface area (Å²) >= 11 is 3.29. The number of benzene rings is 1. The average molecular weight is 352 g/mol. The smallest absolute Gasteiger partial charge is 0.282 e. The molecule has 21 heavy (non-hydrogen) atoms. The number of anilines is 1. The van der Waals surface area contributed by atoms with Crippen molar-refractivity contribution in [2.75, 3.05) is 11.9 Å². The lowest BCUT2D eigenvalue weighted by Gasteiger charge is -2.17. The Morgan fingerprint density at radius 3 is 2.71 bits per heavy atom. The van der Waals surface area contributed by atoms with Gasteiger partial charge in [0.25, 0.3) is 5.56 Å². The van der Waals surface area contributed by atoms with E-state index in [0.717, 1.165) is 5.75 Å². The van der Waals surface area contributed by atoms with Gasteiger partial charge in [0.2, 0.25) is 0 Å². The number of nitrogens with one attached hydrogen (secondary N) is 1. The molecule has 1 atom stereocenters. The Hall–Kier alpha value is -1.82. The molecule has 0 aliphatic heterocycles. The summed E-state index contributed by atoms with van der Waals surface area (Å²) in [4.78, 5) is 11.8. The van der Waals surface area contributed by atoms with Crippen molar-refractivity contribution in [2.45, 2.75) is 19.9 Å². The summed E-state index contributed by atoms with van der Waals surface area (Å²) in [6.07, 6.45) is 1.62. The van der Waals surface area contributed by atoms with Gasteiger partial charge >= 0.3 is 0 Å². The molecule has 6 heteroatoms. The van der Waals surface area contributed by atoms with Crippen LogP contribution in [0.5, 0.6) is 5.75 Å². The van der Waals surface area contributed by atoms with Crippen molar-refractivity contribution in [3.8, 4) is 5.75 Å². The maximum Gasteiger partial charge on any atom is 0.282 e. The Balaban J connectivity index is 1.96. The highest BCUT2D eigenvalue weighted by Gasteiger charge is 2.10. The standard InChI is InChI=1S/C15H18BrN3O2/c1-10-4-6-12(7-5-10)21-9-11(2)18-13-8-17-19(3)15(20)14(13)16/h4-8,11,18H,9H2,1-3H3. The Morgan fingerprint density at radius 1 is 1.38 bits per heavy atom. The molecule has 112 valence electrons. The van der Waals surface area contributed by atoms with Crippen LogP contribution < -0.4 is 15.6 Å². The predicted molar refractivity (Wildman–Crippen MR) is 86.9 cm³/mol. The molecule has 2 rings (SSSR count). The van der Waals surface area contributed by atoms with Crippen molar-refractivity contribution >= 4 is 21.6 Å². The van der Waals surface area contributed by atoms with E-state index in [9.17, 15) is 4.79 Å². The molecule has 0 fully saturated rings. The number of rotatable bonds is 5. The van der Waals surface area contributed by atoms with Gasteiger partial charge in [0.15, 0.2) is 0 Å². The van der Waals surface area contributed by atoms with E-state index in [0.29, 0.717) is 16.8 Å². The SMILES string of the molecule is Cc1ccc(OCC(C)Nc2cnn(C)c(=O)c2Br)cc1. The van der Waals surface area contributed by atoms with Gasteiger partial charge in [-0.15, -0.1) is 0 Å². The second-order valence-corrected chi connectivity index (χ2v) is 5.76. The second kappa shape index (κ2) is 6.76. The third kappa shape index (κ3) is 4.07. The number of hydrogen-bond donors (Lipinski definition) is 1. The van der Waals surface area contributed by atoms with E-state index < -0.39 is 0 Å². The van der Waals surface area contributed by atoms with E-state index in [1.165, 1.54) is 10.2 Å². The van der Waals surface area contributed by atoms with E-state index in [1.807, 2.05) is 38.1 Å². The molecular weight excluding hydrogens is 334 g/mol. The van der Waals surface area contributed by atoms with Crippen LogP contribution in [0.3, 0.4) is 0 Å². The molecule has 2 aromatic rings. The van der Waals surface area contributed by atoms with Crippen LogP contribution in [0.1, 0.15) is 12.5 Å². The molecule has 1 heterocycles. The largest absolute Gasteiger partial charge is 0.491 e. The molecule has 0 bridgehead atoms. The molecule has 0 aliphatic rings. The highest BCUT2D eigenvalue weighted by atomic mass is 79.9. The summed E-state index contributed by atoms with van der Waals surface area (Å²) in [5, 5.41) is 7.20. The molecule has 0 saturated carbocycles. The lowest BCUT2D eigenvalue weighted by molar-refractivity contribution is 0.304. The van der Waals surface area contributed by atoms with Gasteiger partial charge in [0.1, 0.15) is 16.8 Å². The molecule has 5 nitrogen and oxygen atoms in total. The first-order valence-corrected chi connectivity index (χ1v) is 7.44. The Kier molecular flexibility index (Phi) is 5.01. The minimum absolute atomic E-state index is 0.0384. The van der Waals surface area contributed by atoms with Crippen molar-refractivity contribution < 1.29 is 4.74 Å². The van der Waals surface area contributed by atoms with Crippen LogP contribution in [0.15, 0.2) is 39.7 Å². The molecule has 0 saturated heterocycles. The lowest BCUT2D eigenvalue weighted by atomic mass is 10.2. The molecule has 0 radical (unpaired) electrons. The van der Waals surface area contributed by atoms with Crippen LogP contribution in [0.2, 0.25) is 0 Å². The first kappa shape index (κ1) is 15.6. The number of hydrogen-bond acceptors (Lipinski definition) is 4. The van der Waals surface area contributed by atoms with Crippen LogP contribution in [0.4, 0.5) is 5.69 Å². The van der Waals surface area contributed by atoms with Crippen LogP contribution in [0, 0.1) is 6.92 Å². The fourth-order valence-electron chi connectivity index (χ4n) is 1.77. The summed E-state index contributed by atoms with van der Waals surface area (Å²) < 4.78 is 7.46. The predicted octanol–water partition coefficient (Wildman–Crippen LogP) is 2.73. The molecule has 1 N–H and O–H groups in total. The molecule has 0 spiro atoms. The first-order chi connectivity index (χ1) is 9.97. The average Bonchev–Trinajstić information content (AvgIpc) is 2.47. The minimum Gasteiger partial charge on any atom is -0.491 e.